The highest BCUT2D eigenvalue weighted by Gasteiger charge is 2.18. The number of benzene rings is 2. The molecule has 6 nitrogen and oxygen atoms in total. The fraction of sp³-hybridized carbons (Fsp3) is 0.217. The molecule has 1 N–H and O–H groups in total. The minimum Gasteiger partial charge on any atom is -0.486 e. The summed E-state index contributed by atoms with van der Waals surface area (Å²) in [6.45, 7) is 2.80. The van der Waals surface area contributed by atoms with Crippen LogP contribution in [-0.4, -0.2) is 30.6 Å². The van der Waals surface area contributed by atoms with Crippen LogP contribution in [0.5, 0.6) is 11.5 Å². The molecule has 2 aliphatic heterocycles. The van der Waals surface area contributed by atoms with E-state index in [-0.39, 0.29) is 5.91 Å². The van der Waals surface area contributed by atoms with Crippen molar-refractivity contribution in [2.24, 2.45) is 0 Å². The van der Waals surface area contributed by atoms with Gasteiger partial charge in [-0.25, -0.2) is 0 Å². The zero-order valence-electron chi connectivity index (χ0n) is 15.9. The maximum Gasteiger partial charge on any atom is 0.274 e. The van der Waals surface area contributed by atoms with Crippen molar-refractivity contribution < 1.29 is 14.3 Å². The first-order valence-electron chi connectivity index (χ1n) is 9.75. The van der Waals surface area contributed by atoms with E-state index in [0.717, 1.165) is 25.2 Å². The standard InChI is InChI=1S/C23H21N3O3/c27-23(25-18-5-6-21-22(13-18)29-12-11-28-21)20-14-19(7-9-24-20)26-10-8-16-3-1-2-4-17(16)15-26/h1-7,9,13-14H,8,10-12,15H2,(H,25,27). The monoisotopic (exact) mass is 387 g/mol. The molecule has 2 aromatic carbocycles. The van der Waals surface area contributed by atoms with E-state index in [1.807, 2.05) is 12.1 Å². The zero-order chi connectivity index (χ0) is 19.6. The number of anilines is 2. The third-order valence-corrected chi connectivity index (χ3v) is 5.27. The highest BCUT2D eigenvalue weighted by atomic mass is 16.6. The van der Waals surface area contributed by atoms with Gasteiger partial charge in [-0.15, -0.1) is 0 Å². The largest absolute Gasteiger partial charge is 0.486 e. The number of carbonyl (C=O) groups excluding carboxylic acids is 1. The van der Waals surface area contributed by atoms with E-state index in [0.29, 0.717) is 36.1 Å². The van der Waals surface area contributed by atoms with Gasteiger partial charge in [0.1, 0.15) is 18.9 Å². The van der Waals surface area contributed by atoms with E-state index in [1.165, 1.54) is 11.1 Å². The predicted octanol–water partition coefficient (Wildman–Crippen LogP) is 3.67. The molecule has 2 aliphatic rings. The molecule has 0 aliphatic carbocycles. The van der Waals surface area contributed by atoms with E-state index in [1.54, 1.807) is 24.4 Å². The SMILES string of the molecule is O=C(Nc1ccc2c(c1)OCCO2)c1cc(N2CCc3ccccc3C2)ccn1. The normalized spacial score (nSPS) is 14.8. The molecule has 0 unspecified atom stereocenters. The number of aromatic nitrogens is 1. The fourth-order valence-corrected chi connectivity index (χ4v) is 3.77. The quantitative estimate of drug-likeness (QED) is 0.743. The van der Waals surface area contributed by atoms with Gasteiger partial charge in [0, 0.05) is 36.7 Å². The van der Waals surface area contributed by atoms with Crippen molar-refractivity contribution >= 4 is 17.3 Å². The van der Waals surface area contributed by atoms with E-state index in [2.05, 4.69) is 39.5 Å². The van der Waals surface area contributed by atoms with Crippen molar-refractivity contribution in [2.75, 3.05) is 30.0 Å². The third-order valence-electron chi connectivity index (χ3n) is 5.27. The van der Waals surface area contributed by atoms with Gasteiger partial charge >= 0.3 is 0 Å². The number of nitrogens with zero attached hydrogens (tertiary/aromatic N) is 2. The molecule has 0 radical (unpaired) electrons. The van der Waals surface area contributed by atoms with Gasteiger partial charge in [-0.1, -0.05) is 24.3 Å². The van der Waals surface area contributed by atoms with Crippen LogP contribution in [0.15, 0.2) is 60.8 Å². The number of amides is 1. The van der Waals surface area contributed by atoms with Crippen LogP contribution < -0.4 is 19.7 Å². The number of pyridine rings is 1. The van der Waals surface area contributed by atoms with Crippen LogP contribution in [0.25, 0.3) is 0 Å². The molecule has 6 heteroatoms. The van der Waals surface area contributed by atoms with Gasteiger partial charge in [-0.05, 0) is 41.8 Å². The Hall–Kier alpha value is -3.54. The molecule has 0 saturated heterocycles. The summed E-state index contributed by atoms with van der Waals surface area (Å²) < 4.78 is 11.1. The van der Waals surface area contributed by atoms with Crippen molar-refractivity contribution in [3.63, 3.8) is 0 Å². The lowest BCUT2D eigenvalue weighted by Crippen LogP contribution is -2.30. The molecule has 29 heavy (non-hydrogen) atoms. The van der Waals surface area contributed by atoms with Crippen molar-refractivity contribution in [2.45, 2.75) is 13.0 Å². The van der Waals surface area contributed by atoms with Crippen LogP contribution in [0.1, 0.15) is 21.6 Å². The summed E-state index contributed by atoms with van der Waals surface area (Å²) in [6, 6.07) is 17.7. The Labute approximate surface area is 169 Å². The topological polar surface area (TPSA) is 63.7 Å². The van der Waals surface area contributed by atoms with Crippen LogP contribution in [0.2, 0.25) is 0 Å². The van der Waals surface area contributed by atoms with E-state index >= 15 is 0 Å². The number of ether oxygens (including phenoxy) is 2. The van der Waals surface area contributed by atoms with Gasteiger partial charge in [0.2, 0.25) is 0 Å². The Morgan fingerprint density at radius 2 is 1.79 bits per heavy atom. The van der Waals surface area contributed by atoms with E-state index in [4.69, 9.17) is 9.47 Å². The maximum absolute atomic E-state index is 12.8. The Morgan fingerprint density at radius 1 is 0.966 bits per heavy atom. The zero-order valence-corrected chi connectivity index (χ0v) is 15.9. The van der Waals surface area contributed by atoms with Crippen LogP contribution in [0, 0.1) is 0 Å². The van der Waals surface area contributed by atoms with Gasteiger partial charge in [0.25, 0.3) is 5.91 Å². The third kappa shape index (κ3) is 3.61. The van der Waals surface area contributed by atoms with Crippen LogP contribution >= 0.6 is 0 Å². The summed E-state index contributed by atoms with van der Waals surface area (Å²) in [5.41, 5.74) is 4.77. The lowest BCUT2D eigenvalue weighted by Gasteiger charge is -2.30. The summed E-state index contributed by atoms with van der Waals surface area (Å²) in [7, 11) is 0. The molecule has 0 fully saturated rings. The molecule has 3 aromatic rings. The van der Waals surface area contributed by atoms with Gasteiger partial charge in [0.05, 0.1) is 0 Å². The summed E-state index contributed by atoms with van der Waals surface area (Å²) in [5.74, 6) is 1.09. The number of fused-ring (bicyclic) bond motifs is 2. The molecule has 1 amide bonds. The summed E-state index contributed by atoms with van der Waals surface area (Å²) in [5, 5.41) is 2.90. The Bertz CT molecular complexity index is 1070. The van der Waals surface area contributed by atoms with Crippen molar-refractivity contribution in [1.82, 2.24) is 4.98 Å². The van der Waals surface area contributed by atoms with E-state index < -0.39 is 0 Å². The van der Waals surface area contributed by atoms with Crippen molar-refractivity contribution in [3.05, 3.63) is 77.6 Å². The molecule has 146 valence electrons. The molecule has 0 saturated carbocycles. The molecule has 5 rings (SSSR count). The number of carbonyl (C=O) groups is 1. The van der Waals surface area contributed by atoms with Gasteiger partial charge in [0.15, 0.2) is 11.5 Å². The number of hydrogen-bond donors (Lipinski definition) is 1. The average Bonchev–Trinajstić information content (AvgIpc) is 2.79. The number of hydrogen-bond acceptors (Lipinski definition) is 5. The Morgan fingerprint density at radius 3 is 2.69 bits per heavy atom. The summed E-state index contributed by atoms with van der Waals surface area (Å²) >= 11 is 0. The average molecular weight is 387 g/mol. The second-order valence-corrected chi connectivity index (χ2v) is 7.15. The second kappa shape index (κ2) is 7.47. The highest BCUT2D eigenvalue weighted by molar-refractivity contribution is 6.03. The minimum absolute atomic E-state index is 0.249. The van der Waals surface area contributed by atoms with E-state index in [9.17, 15) is 4.79 Å². The summed E-state index contributed by atoms with van der Waals surface area (Å²) in [6.07, 6.45) is 2.69. The Balaban J connectivity index is 1.33. The van der Waals surface area contributed by atoms with Crippen LogP contribution in [-0.2, 0) is 13.0 Å². The van der Waals surface area contributed by atoms with Crippen LogP contribution in [0.3, 0.4) is 0 Å². The van der Waals surface area contributed by atoms with Crippen molar-refractivity contribution in [1.29, 1.82) is 0 Å². The molecule has 0 bridgehead atoms. The minimum atomic E-state index is -0.249. The lowest BCUT2D eigenvalue weighted by molar-refractivity contribution is 0.102. The first-order chi connectivity index (χ1) is 14.3. The number of nitrogens with one attached hydrogen (secondary N) is 1. The van der Waals surface area contributed by atoms with Crippen molar-refractivity contribution in [3.8, 4) is 11.5 Å². The fourth-order valence-electron chi connectivity index (χ4n) is 3.77. The predicted molar refractivity (Wildman–Crippen MR) is 111 cm³/mol. The first kappa shape index (κ1) is 17.6. The maximum atomic E-state index is 12.8. The number of rotatable bonds is 3. The molecule has 0 spiro atoms. The van der Waals surface area contributed by atoms with Gasteiger partial charge in [-0.2, -0.15) is 0 Å². The van der Waals surface area contributed by atoms with Gasteiger partial charge < -0.3 is 19.7 Å². The molecular formula is C23H21N3O3. The molecule has 3 heterocycles. The molecular weight excluding hydrogens is 366 g/mol. The molecule has 0 atom stereocenters. The summed E-state index contributed by atoms with van der Waals surface area (Å²) in [4.78, 5) is 19.3. The highest BCUT2D eigenvalue weighted by Crippen LogP contribution is 2.32. The smallest absolute Gasteiger partial charge is 0.274 e. The lowest BCUT2D eigenvalue weighted by atomic mass is 9.99. The second-order valence-electron chi connectivity index (χ2n) is 7.15. The first-order valence-corrected chi connectivity index (χ1v) is 9.75. The Kier molecular flexibility index (Phi) is 4.52. The molecule has 1 aromatic heterocycles. The van der Waals surface area contributed by atoms with Crippen LogP contribution in [0.4, 0.5) is 11.4 Å². The van der Waals surface area contributed by atoms with Gasteiger partial charge in [-0.3, -0.25) is 9.78 Å².